The number of carbonyl (C=O) groups excluding carboxylic acids is 4. The zero-order chi connectivity index (χ0) is 43.5. The van der Waals surface area contributed by atoms with Crippen molar-refractivity contribution in [2.45, 2.75) is 140 Å². The van der Waals surface area contributed by atoms with Gasteiger partial charge in [0.15, 0.2) is 0 Å². The molecule has 15 nitrogen and oxygen atoms in total. The number of hydrogen-bond donors (Lipinski definition) is 4. The van der Waals surface area contributed by atoms with E-state index in [0.29, 0.717) is 59.8 Å². The molecule has 0 spiro atoms. The van der Waals surface area contributed by atoms with Crippen LogP contribution in [0.4, 0.5) is 13.6 Å². The van der Waals surface area contributed by atoms with Crippen LogP contribution in [-0.2, 0) is 35.6 Å². The topological polar surface area (TPSA) is 221 Å². The number of carbonyl (C=O) groups is 4. The second-order valence-electron chi connectivity index (χ2n) is 19.1. The van der Waals surface area contributed by atoms with Gasteiger partial charge in [-0.2, -0.15) is 5.26 Å². The first kappa shape index (κ1) is 43.4. The van der Waals surface area contributed by atoms with Crippen molar-refractivity contribution >= 4 is 44.9 Å². The summed E-state index contributed by atoms with van der Waals surface area (Å²) in [5.74, 6) is -3.72. The van der Waals surface area contributed by atoms with Gasteiger partial charge in [0.25, 0.3) is 5.91 Å². The van der Waals surface area contributed by atoms with Crippen molar-refractivity contribution in [3.05, 3.63) is 29.5 Å². The summed E-state index contributed by atoms with van der Waals surface area (Å²) in [5, 5.41) is 24.8. The fourth-order valence-electron chi connectivity index (χ4n) is 9.35. The molecule has 5 aliphatic rings. The van der Waals surface area contributed by atoms with Gasteiger partial charge >= 0.3 is 6.09 Å². The van der Waals surface area contributed by atoms with Gasteiger partial charge in [0.2, 0.25) is 34.1 Å². The minimum Gasteiger partial charge on any atom is -0.492 e. The number of aromatic hydroxyl groups is 1. The highest BCUT2D eigenvalue weighted by atomic mass is 32.2. The number of benzene rings is 1. The number of unbranched alkanes of at least 4 members (excludes halogenated alkanes) is 2. The Morgan fingerprint density at radius 3 is 2.48 bits per heavy atom. The molecule has 0 bridgehead atoms. The first-order valence-electron chi connectivity index (χ1n) is 21.0. The van der Waals surface area contributed by atoms with E-state index in [2.05, 4.69) is 26.7 Å². The maximum Gasteiger partial charge on any atom is 0.408 e. The van der Waals surface area contributed by atoms with E-state index >= 15 is 0 Å². The van der Waals surface area contributed by atoms with Crippen molar-refractivity contribution in [3.63, 3.8) is 0 Å². The van der Waals surface area contributed by atoms with Crippen LogP contribution in [0, 0.1) is 46.3 Å². The Kier molecular flexibility index (Phi) is 11.6. The van der Waals surface area contributed by atoms with E-state index in [1.807, 2.05) is 4.72 Å². The fourth-order valence-corrected chi connectivity index (χ4v) is 10.7. The number of ether oxygens (including phenoxy) is 1. The van der Waals surface area contributed by atoms with Crippen LogP contribution in [0.2, 0.25) is 0 Å². The molecule has 1 aromatic carbocycles. The maximum atomic E-state index is 14.3. The van der Waals surface area contributed by atoms with E-state index in [4.69, 9.17) is 10.00 Å². The predicted octanol–water partition coefficient (Wildman–Crippen LogP) is 4.85. The Hall–Kier alpha value is -4.66. The summed E-state index contributed by atoms with van der Waals surface area (Å²) in [6.07, 6.45) is 2.15. The Labute approximate surface area is 348 Å². The number of halogens is 2. The zero-order valence-electron chi connectivity index (χ0n) is 34.7. The van der Waals surface area contributed by atoms with Crippen LogP contribution in [0.3, 0.4) is 0 Å². The van der Waals surface area contributed by atoms with E-state index in [1.165, 1.54) is 11.8 Å². The molecule has 2 aromatic rings. The number of alkyl carbamates (subject to hydrolysis) is 1. The van der Waals surface area contributed by atoms with Gasteiger partial charge in [-0.25, -0.2) is 32.0 Å². The van der Waals surface area contributed by atoms with E-state index in [0.717, 1.165) is 38.5 Å². The van der Waals surface area contributed by atoms with Crippen LogP contribution < -0.4 is 15.4 Å². The van der Waals surface area contributed by atoms with Crippen LogP contribution in [0.25, 0.3) is 11.0 Å². The third kappa shape index (κ3) is 8.60. The molecule has 2 heterocycles. The van der Waals surface area contributed by atoms with Crippen molar-refractivity contribution in [1.29, 1.82) is 5.26 Å². The molecule has 1 saturated heterocycles. The summed E-state index contributed by atoms with van der Waals surface area (Å²) in [5.41, 5.74) is -0.989. The third-order valence-electron chi connectivity index (χ3n) is 13.6. The Balaban J connectivity index is 0.945. The molecule has 1 aliphatic heterocycles. The summed E-state index contributed by atoms with van der Waals surface area (Å²) in [6.45, 7) is 8.62. The van der Waals surface area contributed by atoms with Crippen molar-refractivity contribution in [2.24, 2.45) is 35.0 Å². The number of nitrogens with zero attached hydrogens (tertiary/aromatic N) is 4. The number of sulfonamides is 1. The second-order valence-corrected chi connectivity index (χ2v) is 21.3. The first-order valence-corrected chi connectivity index (χ1v) is 22.5. The molecule has 18 heteroatoms. The Bertz CT molecular complexity index is 2210. The molecule has 4 aliphatic carbocycles. The molecule has 2 unspecified atom stereocenters. The largest absolute Gasteiger partial charge is 0.492 e. The summed E-state index contributed by atoms with van der Waals surface area (Å²) < 4.78 is 60.5. The highest BCUT2D eigenvalue weighted by Gasteiger charge is 2.67. The molecule has 9 atom stereocenters. The highest BCUT2D eigenvalue weighted by Crippen LogP contribution is 2.58. The predicted molar refractivity (Wildman–Crippen MR) is 213 cm³/mol. The lowest BCUT2D eigenvalue weighted by Crippen LogP contribution is -2.61. The van der Waals surface area contributed by atoms with Gasteiger partial charge in [-0.1, -0.05) is 40.5 Å². The minimum absolute atomic E-state index is 0.135. The zero-order valence-corrected chi connectivity index (χ0v) is 35.5. The van der Waals surface area contributed by atoms with Crippen molar-refractivity contribution in [3.8, 4) is 11.9 Å². The number of rotatable bonds is 15. The van der Waals surface area contributed by atoms with E-state index in [1.54, 1.807) is 45.9 Å². The lowest BCUT2D eigenvalue weighted by molar-refractivity contribution is -0.143. The summed E-state index contributed by atoms with van der Waals surface area (Å²) in [7, 11) is -4.18. The number of fused-ring (bicyclic) bond motifs is 2. The molecular formula is C42H55F2N7O8S. The quantitative estimate of drug-likeness (QED) is 0.177. The van der Waals surface area contributed by atoms with Crippen LogP contribution in [0.1, 0.15) is 110 Å². The number of amides is 4. The number of aryl methyl sites for hydroxylation is 1. The molecule has 4 saturated carbocycles. The van der Waals surface area contributed by atoms with E-state index < -0.39 is 86.3 Å². The van der Waals surface area contributed by atoms with Crippen LogP contribution in [0.15, 0.2) is 18.2 Å². The lowest BCUT2D eigenvalue weighted by atomic mass is 9.85. The fraction of sp³-hybridized carbons (Fsp3) is 0.690. The molecule has 4 amide bonds. The van der Waals surface area contributed by atoms with Crippen molar-refractivity contribution in [2.75, 3.05) is 6.54 Å². The van der Waals surface area contributed by atoms with Gasteiger partial charge in [-0.15, -0.1) is 0 Å². The minimum atomic E-state index is -4.18. The third-order valence-corrected chi connectivity index (χ3v) is 15.8. The van der Waals surface area contributed by atoms with E-state index in [-0.39, 0.29) is 24.4 Å². The SMILES string of the molecule is C[C@@H]1CCN(C(=O)[C@@H](NC(=O)O[C@@H]2CC3C[C@@H]3[C@H]2CCCCCc2nc3ccc(C#N)cc3nc2O)C(C)(C)C)[C@@H]1C(=O)NC1(C(=O)NS(=O)(=O)C2(C)CC2)C[C@H]1C(F)F. The average Bonchev–Trinajstić information content (AvgIpc) is 4.13. The Morgan fingerprint density at radius 2 is 1.83 bits per heavy atom. The summed E-state index contributed by atoms with van der Waals surface area (Å²) >= 11 is 0. The number of aromatic nitrogens is 2. The number of likely N-dealkylation sites (tertiary alicyclic amines) is 1. The molecular weight excluding hydrogens is 801 g/mol. The standard InChI is InChI=1S/C42H55F2N7O8S/c1-22-13-16-51(32(22)36(53)49-42(20-27(42)34(43)44)38(55)50-60(57,58)41(5)14-15-41)37(54)33(40(2,3)4)48-39(56)59-31-19-24-18-26(24)25(31)9-7-6-8-10-29-35(52)47-30-17-23(21-45)11-12-28(30)46-29/h11-12,17,22,24-27,31-34H,6-10,13-16,18-20H2,1-5H3,(H,47,52)(H,48,56)(H,49,53)(H,50,55)/t22-,24?,25-,26+,27+,31-,32+,33-,42?/m1/s1. The average molecular weight is 856 g/mol. The smallest absolute Gasteiger partial charge is 0.408 e. The number of nitrogens with one attached hydrogen (secondary N) is 3. The van der Waals surface area contributed by atoms with Crippen LogP contribution in [-0.4, -0.2) is 93.7 Å². The Morgan fingerprint density at radius 1 is 1.10 bits per heavy atom. The highest BCUT2D eigenvalue weighted by molar-refractivity contribution is 7.91. The van der Waals surface area contributed by atoms with Crippen molar-refractivity contribution < 1.29 is 46.2 Å². The van der Waals surface area contributed by atoms with Gasteiger partial charge < -0.3 is 25.4 Å². The maximum absolute atomic E-state index is 14.3. The van der Waals surface area contributed by atoms with Gasteiger partial charge in [0, 0.05) is 6.54 Å². The van der Waals surface area contributed by atoms with Gasteiger partial charge in [0.1, 0.15) is 29.4 Å². The summed E-state index contributed by atoms with van der Waals surface area (Å²) in [4.78, 5) is 65.2. The van der Waals surface area contributed by atoms with Gasteiger partial charge in [0.05, 0.1) is 33.3 Å². The number of hydrogen-bond acceptors (Lipinski definition) is 11. The van der Waals surface area contributed by atoms with Crippen LogP contribution in [0.5, 0.6) is 5.88 Å². The molecule has 60 heavy (non-hydrogen) atoms. The number of nitriles is 1. The summed E-state index contributed by atoms with van der Waals surface area (Å²) in [6, 6.07) is 4.73. The molecule has 7 rings (SSSR count). The van der Waals surface area contributed by atoms with Crippen molar-refractivity contribution in [1.82, 2.24) is 30.2 Å². The van der Waals surface area contributed by atoms with Crippen LogP contribution >= 0.6 is 0 Å². The molecule has 0 radical (unpaired) electrons. The molecule has 1 aromatic heterocycles. The van der Waals surface area contributed by atoms with E-state index in [9.17, 15) is 41.5 Å². The molecule has 5 fully saturated rings. The first-order chi connectivity index (χ1) is 28.2. The lowest BCUT2D eigenvalue weighted by Gasteiger charge is -2.36. The molecule has 4 N–H and O–H groups in total. The number of alkyl halides is 2. The van der Waals surface area contributed by atoms with Gasteiger partial charge in [-0.3, -0.25) is 19.1 Å². The normalized spacial score (nSPS) is 29.3. The monoisotopic (exact) mass is 855 g/mol. The molecule has 326 valence electrons. The van der Waals surface area contributed by atoms with Gasteiger partial charge in [-0.05, 0) is 112 Å². The second kappa shape index (κ2) is 16.0.